The number of rotatable bonds is 4. The van der Waals surface area contributed by atoms with E-state index in [0.717, 1.165) is 32.0 Å². The molecule has 1 aromatic rings. The zero-order valence-corrected chi connectivity index (χ0v) is 14.3. The number of piperazine rings is 1. The molecule has 0 amide bonds. The molecule has 1 aromatic carbocycles. The Morgan fingerprint density at radius 2 is 1.76 bits per heavy atom. The van der Waals surface area contributed by atoms with Crippen LogP contribution in [0.3, 0.4) is 0 Å². The molecule has 21 heavy (non-hydrogen) atoms. The monoisotopic (exact) mass is 290 g/mol. The third-order valence-corrected chi connectivity index (χ3v) is 4.29. The Hall–Kier alpha value is -1.06. The molecular formula is C18H30N2O. The van der Waals surface area contributed by atoms with Gasteiger partial charge < -0.3 is 9.64 Å². The second kappa shape index (κ2) is 6.80. The Morgan fingerprint density at radius 1 is 1.10 bits per heavy atom. The first-order chi connectivity index (χ1) is 9.86. The molecule has 0 saturated carbocycles. The molecule has 0 N–H and O–H groups in total. The highest BCUT2D eigenvalue weighted by Gasteiger charge is 2.17. The van der Waals surface area contributed by atoms with E-state index in [4.69, 9.17) is 4.74 Å². The summed E-state index contributed by atoms with van der Waals surface area (Å²) in [6.07, 6.45) is 0. The van der Waals surface area contributed by atoms with Gasteiger partial charge in [-0.3, -0.25) is 4.90 Å². The molecule has 1 fully saturated rings. The normalized spacial score (nSPS) is 18.0. The predicted molar refractivity (Wildman–Crippen MR) is 89.3 cm³/mol. The van der Waals surface area contributed by atoms with E-state index in [-0.39, 0.29) is 5.41 Å². The maximum Gasteiger partial charge on any atom is 0.119 e. The number of nitrogens with zero attached hydrogens (tertiary/aromatic N) is 2. The summed E-state index contributed by atoms with van der Waals surface area (Å²) in [6, 6.07) is 6.47. The lowest BCUT2D eigenvalue weighted by Crippen LogP contribution is -2.45. The van der Waals surface area contributed by atoms with Gasteiger partial charge in [0.05, 0.1) is 0 Å². The molecule has 2 rings (SSSR count). The number of ether oxygens (including phenoxy) is 1. The third-order valence-electron chi connectivity index (χ3n) is 4.29. The number of aryl methyl sites for hydroxylation is 1. The molecule has 0 spiro atoms. The fourth-order valence-corrected chi connectivity index (χ4v) is 2.86. The summed E-state index contributed by atoms with van der Waals surface area (Å²) in [4.78, 5) is 4.87. The van der Waals surface area contributed by atoms with Gasteiger partial charge in [0.1, 0.15) is 12.4 Å². The predicted octanol–water partition coefficient (Wildman–Crippen LogP) is 2.92. The number of benzene rings is 1. The van der Waals surface area contributed by atoms with E-state index in [1.54, 1.807) is 0 Å². The first-order valence-corrected chi connectivity index (χ1v) is 8.01. The molecule has 118 valence electrons. The van der Waals surface area contributed by atoms with Crippen molar-refractivity contribution in [2.24, 2.45) is 0 Å². The summed E-state index contributed by atoms with van der Waals surface area (Å²) in [6.45, 7) is 15.4. The van der Waals surface area contributed by atoms with Gasteiger partial charge in [0, 0.05) is 32.7 Å². The first kappa shape index (κ1) is 16.3. The highest BCUT2D eigenvalue weighted by Crippen LogP contribution is 2.29. The lowest BCUT2D eigenvalue weighted by molar-refractivity contribution is 0.133. The second-order valence-electron chi connectivity index (χ2n) is 7.22. The van der Waals surface area contributed by atoms with Gasteiger partial charge >= 0.3 is 0 Å². The van der Waals surface area contributed by atoms with Crippen molar-refractivity contribution in [1.29, 1.82) is 0 Å². The van der Waals surface area contributed by atoms with Crippen molar-refractivity contribution in [2.45, 2.75) is 33.1 Å². The zero-order chi connectivity index (χ0) is 15.5. The molecule has 0 unspecified atom stereocenters. The van der Waals surface area contributed by atoms with Crippen LogP contribution in [0.4, 0.5) is 0 Å². The van der Waals surface area contributed by atoms with E-state index in [1.807, 2.05) is 0 Å². The van der Waals surface area contributed by atoms with Crippen LogP contribution in [0.2, 0.25) is 0 Å². The highest BCUT2D eigenvalue weighted by atomic mass is 16.5. The van der Waals surface area contributed by atoms with Crippen molar-refractivity contribution in [3.05, 3.63) is 29.3 Å². The molecule has 1 aliphatic heterocycles. The maximum absolute atomic E-state index is 5.97. The standard InChI is InChI=1S/C18H30N2O/c1-15-6-7-16(14-17(15)18(2,3)4)21-13-12-20-10-8-19(5)9-11-20/h6-7,14H,8-13H2,1-5H3. The van der Waals surface area contributed by atoms with Crippen LogP contribution in [0.15, 0.2) is 18.2 Å². The minimum atomic E-state index is 0.168. The van der Waals surface area contributed by atoms with Gasteiger partial charge in [-0.2, -0.15) is 0 Å². The van der Waals surface area contributed by atoms with Gasteiger partial charge in [0.15, 0.2) is 0 Å². The van der Waals surface area contributed by atoms with Gasteiger partial charge in [-0.25, -0.2) is 0 Å². The van der Waals surface area contributed by atoms with Crippen LogP contribution < -0.4 is 4.74 Å². The number of hydrogen-bond donors (Lipinski definition) is 0. The fourth-order valence-electron chi connectivity index (χ4n) is 2.86. The van der Waals surface area contributed by atoms with Crippen molar-refractivity contribution < 1.29 is 4.74 Å². The van der Waals surface area contributed by atoms with Crippen molar-refractivity contribution in [1.82, 2.24) is 9.80 Å². The van der Waals surface area contributed by atoms with E-state index in [2.05, 4.69) is 62.7 Å². The quantitative estimate of drug-likeness (QED) is 0.848. The summed E-state index contributed by atoms with van der Waals surface area (Å²) >= 11 is 0. The van der Waals surface area contributed by atoms with Crippen molar-refractivity contribution in [3.8, 4) is 5.75 Å². The van der Waals surface area contributed by atoms with E-state index >= 15 is 0 Å². The van der Waals surface area contributed by atoms with E-state index in [9.17, 15) is 0 Å². The van der Waals surface area contributed by atoms with Crippen LogP contribution in [-0.2, 0) is 5.41 Å². The van der Waals surface area contributed by atoms with Gasteiger partial charge in [-0.05, 0) is 42.6 Å². The summed E-state index contributed by atoms with van der Waals surface area (Å²) in [5.41, 5.74) is 2.88. The second-order valence-corrected chi connectivity index (χ2v) is 7.22. The summed E-state index contributed by atoms with van der Waals surface area (Å²) < 4.78 is 5.97. The van der Waals surface area contributed by atoms with Crippen LogP contribution in [0.1, 0.15) is 31.9 Å². The third kappa shape index (κ3) is 4.72. The Bertz CT molecular complexity index is 457. The molecule has 1 aliphatic rings. The van der Waals surface area contributed by atoms with Crippen LogP contribution >= 0.6 is 0 Å². The van der Waals surface area contributed by atoms with E-state index in [1.165, 1.54) is 24.2 Å². The Kier molecular flexibility index (Phi) is 5.28. The first-order valence-electron chi connectivity index (χ1n) is 8.01. The van der Waals surface area contributed by atoms with Crippen molar-refractivity contribution in [3.63, 3.8) is 0 Å². The molecule has 0 aromatic heterocycles. The minimum Gasteiger partial charge on any atom is -0.492 e. The Balaban J connectivity index is 1.86. The van der Waals surface area contributed by atoms with Crippen LogP contribution in [0.5, 0.6) is 5.75 Å². The molecule has 0 bridgehead atoms. The average Bonchev–Trinajstić information content (AvgIpc) is 2.41. The Labute approximate surface area is 129 Å². The van der Waals surface area contributed by atoms with Gasteiger partial charge in [0.2, 0.25) is 0 Å². The topological polar surface area (TPSA) is 15.7 Å². The van der Waals surface area contributed by atoms with E-state index in [0.29, 0.717) is 0 Å². The van der Waals surface area contributed by atoms with Crippen LogP contribution in [0.25, 0.3) is 0 Å². The van der Waals surface area contributed by atoms with E-state index < -0.39 is 0 Å². The number of likely N-dealkylation sites (N-methyl/N-ethyl adjacent to an activating group) is 1. The smallest absolute Gasteiger partial charge is 0.119 e. The number of hydrogen-bond acceptors (Lipinski definition) is 3. The maximum atomic E-state index is 5.97. The largest absolute Gasteiger partial charge is 0.492 e. The molecule has 0 aliphatic carbocycles. The molecule has 3 heteroatoms. The molecule has 1 saturated heterocycles. The zero-order valence-electron chi connectivity index (χ0n) is 14.3. The summed E-state index contributed by atoms with van der Waals surface area (Å²) in [5.74, 6) is 1.000. The molecular weight excluding hydrogens is 260 g/mol. The molecule has 3 nitrogen and oxygen atoms in total. The molecule has 1 heterocycles. The van der Waals surface area contributed by atoms with Gasteiger partial charge in [0.25, 0.3) is 0 Å². The Morgan fingerprint density at radius 3 is 2.38 bits per heavy atom. The lowest BCUT2D eigenvalue weighted by atomic mass is 9.84. The summed E-state index contributed by atoms with van der Waals surface area (Å²) in [5, 5.41) is 0. The molecule has 0 atom stereocenters. The highest BCUT2D eigenvalue weighted by molar-refractivity contribution is 5.38. The van der Waals surface area contributed by atoms with Crippen molar-refractivity contribution >= 4 is 0 Å². The van der Waals surface area contributed by atoms with Crippen LogP contribution in [0, 0.1) is 6.92 Å². The molecule has 0 radical (unpaired) electrons. The lowest BCUT2D eigenvalue weighted by Gasteiger charge is -2.32. The van der Waals surface area contributed by atoms with Crippen LogP contribution in [-0.4, -0.2) is 56.2 Å². The van der Waals surface area contributed by atoms with Gasteiger partial charge in [-0.1, -0.05) is 26.8 Å². The van der Waals surface area contributed by atoms with Crippen molar-refractivity contribution in [2.75, 3.05) is 46.4 Å². The average molecular weight is 290 g/mol. The fraction of sp³-hybridized carbons (Fsp3) is 0.667. The van der Waals surface area contributed by atoms with Gasteiger partial charge in [-0.15, -0.1) is 0 Å². The minimum absolute atomic E-state index is 0.168. The summed E-state index contributed by atoms with van der Waals surface area (Å²) in [7, 11) is 2.19. The SMILES string of the molecule is Cc1ccc(OCCN2CCN(C)CC2)cc1C(C)(C)C.